The fourth-order valence-electron chi connectivity index (χ4n) is 5.60. The largest absolute Gasteiger partial charge is 0.480 e. The van der Waals surface area contributed by atoms with E-state index in [0.717, 1.165) is 34.2 Å². The highest BCUT2D eigenvalue weighted by Gasteiger charge is 2.37. The van der Waals surface area contributed by atoms with Gasteiger partial charge in [-0.3, -0.25) is 4.99 Å². The van der Waals surface area contributed by atoms with Gasteiger partial charge in [0, 0.05) is 23.4 Å². The highest BCUT2D eigenvalue weighted by Crippen LogP contribution is 2.50. The molecule has 4 aromatic rings. The molecule has 1 aliphatic heterocycles. The van der Waals surface area contributed by atoms with Crippen LogP contribution in [0.15, 0.2) is 96.0 Å². The van der Waals surface area contributed by atoms with Crippen LogP contribution in [0.2, 0.25) is 0 Å². The zero-order valence-corrected chi connectivity index (χ0v) is 20.3. The molecule has 36 heavy (non-hydrogen) atoms. The van der Waals surface area contributed by atoms with Crippen LogP contribution in [0.1, 0.15) is 40.6 Å². The van der Waals surface area contributed by atoms with E-state index < -0.39 is 0 Å². The monoisotopic (exact) mass is 468 g/mol. The van der Waals surface area contributed by atoms with Crippen molar-refractivity contribution in [2.75, 3.05) is 11.9 Å². The molecular formula is C33H28N2O. The normalized spacial score (nSPS) is 20.1. The minimum atomic E-state index is 0.224. The lowest BCUT2D eigenvalue weighted by Crippen LogP contribution is -2.29. The number of nitrogens with zero attached hydrogens (tertiary/aromatic N) is 1. The summed E-state index contributed by atoms with van der Waals surface area (Å²) in [5.41, 5.74) is 7.12. The molecule has 3 heteroatoms. The first-order chi connectivity index (χ1) is 17.7. The molecule has 0 spiro atoms. The van der Waals surface area contributed by atoms with Crippen molar-refractivity contribution in [2.24, 2.45) is 10.9 Å². The Morgan fingerprint density at radius 1 is 1.06 bits per heavy atom. The number of terminal acetylenes is 1. The Morgan fingerprint density at radius 3 is 2.78 bits per heavy atom. The van der Waals surface area contributed by atoms with Gasteiger partial charge in [-0.2, -0.15) is 0 Å². The third kappa shape index (κ3) is 4.06. The van der Waals surface area contributed by atoms with Gasteiger partial charge in [-0.15, -0.1) is 6.42 Å². The van der Waals surface area contributed by atoms with E-state index in [0.29, 0.717) is 11.8 Å². The maximum atomic E-state index is 5.82. The summed E-state index contributed by atoms with van der Waals surface area (Å²) in [7, 11) is 0. The van der Waals surface area contributed by atoms with Crippen molar-refractivity contribution in [2.45, 2.75) is 25.3 Å². The number of ether oxygens (including phenoxy) is 1. The topological polar surface area (TPSA) is 33.6 Å². The standard InChI is InChI=1S/C33H28N2O/c1-3-19-36-32-18-14-23-7-4-5-8-26(23)30(32)21-34-25-15-12-24(13-16-25)33-28-10-6-9-27(28)29-20-22(2)11-17-31(29)35-33/h1,4-9,11-18,20-21,27-28,33,35H,10,19H2,2H3/t27-,28-,33-/m0/s1. The number of nitrogens with one attached hydrogen (secondary N) is 1. The highest BCUT2D eigenvalue weighted by molar-refractivity contribution is 6.03. The molecule has 0 saturated carbocycles. The molecule has 1 N–H and O–H groups in total. The number of hydrogen-bond donors (Lipinski definition) is 1. The lowest BCUT2D eigenvalue weighted by atomic mass is 9.76. The average molecular weight is 469 g/mol. The number of hydrogen-bond acceptors (Lipinski definition) is 3. The third-order valence-corrected chi connectivity index (χ3v) is 7.35. The molecule has 1 aliphatic carbocycles. The van der Waals surface area contributed by atoms with E-state index in [1.807, 2.05) is 24.4 Å². The summed E-state index contributed by atoms with van der Waals surface area (Å²) in [6.45, 7) is 2.39. The van der Waals surface area contributed by atoms with Crippen LogP contribution in [0.25, 0.3) is 10.8 Å². The van der Waals surface area contributed by atoms with Gasteiger partial charge >= 0.3 is 0 Å². The summed E-state index contributed by atoms with van der Waals surface area (Å²) < 4.78 is 5.82. The van der Waals surface area contributed by atoms with Crippen molar-refractivity contribution in [3.8, 4) is 18.1 Å². The van der Waals surface area contributed by atoms with Gasteiger partial charge in [0.1, 0.15) is 12.4 Å². The van der Waals surface area contributed by atoms with Crippen molar-refractivity contribution in [3.05, 3.63) is 113 Å². The van der Waals surface area contributed by atoms with Gasteiger partial charge in [0.2, 0.25) is 0 Å². The smallest absolute Gasteiger partial charge is 0.148 e. The first-order valence-corrected chi connectivity index (χ1v) is 12.5. The second kappa shape index (κ2) is 9.40. The number of rotatable bonds is 5. The molecule has 2 aliphatic rings. The summed E-state index contributed by atoms with van der Waals surface area (Å²) in [6, 6.07) is 27.9. The molecule has 0 bridgehead atoms. The molecule has 0 amide bonds. The average Bonchev–Trinajstić information content (AvgIpc) is 3.41. The number of allylic oxidation sites excluding steroid dienone is 2. The van der Waals surface area contributed by atoms with Crippen molar-refractivity contribution >= 4 is 28.4 Å². The van der Waals surface area contributed by atoms with E-state index in [-0.39, 0.29) is 12.6 Å². The molecule has 3 atom stereocenters. The lowest BCUT2D eigenvalue weighted by molar-refractivity contribution is 0.370. The molecule has 6 rings (SSSR count). The molecule has 0 fully saturated rings. The van der Waals surface area contributed by atoms with Gasteiger partial charge in [-0.25, -0.2) is 0 Å². The SMILES string of the molecule is C#CCOc1ccc2ccccc2c1C=Nc1ccc([C@@H]2Nc3ccc(C)cc3[C@H]3C=CC[C@@H]32)cc1. The van der Waals surface area contributed by atoms with Crippen LogP contribution in [-0.4, -0.2) is 12.8 Å². The quantitative estimate of drug-likeness (QED) is 0.185. The molecule has 0 radical (unpaired) electrons. The lowest BCUT2D eigenvalue weighted by Gasteiger charge is -2.37. The first-order valence-electron chi connectivity index (χ1n) is 12.5. The second-order valence-corrected chi connectivity index (χ2v) is 9.61. The zero-order valence-electron chi connectivity index (χ0n) is 20.3. The van der Waals surface area contributed by atoms with Crippen LogP contribution >= 0.6 is 0 Å². The molecule has 176 valence electrons. The van der Waals surface area contributed by atoms with Gasteiger partial charge in [-0.05, 0) is 65.4 Å². The predicted molar refractivity (Wildman–Crippen MR) is 150 cm³/mol. The third-order valence-electron chi connectivity index (χ3n) is 7.35. The number of aryl methyl sites for hydroxylation is 1. The molecule has 4 aromatic carbocycles. The van der Waals surface area contributed by atoms with Gasteiger partial charge < -0.3 is 10.1 Å². The summed E-state index contributed by atoms with van der Waals surface area (Å²) in [5, 5.41) is 6.06. The molecule has 0 unspecified atom stereocenters. The Kier molecular flexibility index (Phi) is 5.79. The van der Waals surface area contributed by atoms with Gasteiger partial charge in [0.25, 0.3) is 0 Å². The Bertz CT molecular complexity index is 1520. The van der Waals surface area contributed by atoms with Crippen LogP contribution in [-0.2, 0) is 0 Å². The second-order valence-electron chi connectivity index (χ2n) is 9.61. The van der Waals surface area contributed by atoms with E-state index in [4.69, 9.17) is 16.2 Å². The van der Waals surface area contributed by atoms with Gasteiger partial charge in [0.15, 0.2) is 0 Å². The van der Waals surface area contributed by atoms with E-state index in [9.17, 15) is 0 Å². The molecule has 0 aromatic heterocycles. The van der Waals surface area contributed by atoms with Crippen LogP contribution in [0.4, 0.5) is 11.4 Å². The van der Waals surface area contributed by atoms with E-state index >= 15 is 0 Å². The van der Waals surface area contributed by atoms with Crippen molar-refractivity contribution in [1.82, 2.24) is 0 Å². The van der Waals surface area contributed by atoms with Crippen LogP contribution in [0.5, 0.6) is 5.75 Å². The van der Waals surface area contributed by atoms with Gasteiger partial charge in [-0.1, -0.05) is 78.2 Å². The summed E-state index contributed by atoms with van der Waals surface area (Å²) in [4.78, 5) is 4.80. The minimum Gasteiger partial charge on any atom is -0.480 e. The highest BCUT2D eigenvalue weighted by atomic mass is 16.5. The van der Waals surface area contributed by atoms with Gasteiger partial charge in [0.05, 0.1) is 11.7 Å². The fourth-order valence-corrected chi connectivity index (χ4v) is 5.60. The Morgan fingerprint density at radius 2 is 1.92 bits per heavy atom. The zero-order chi connectivity index (χ0) is 24.5. The Hall–Kier alpha value is -4.29. The predicted octanol–water partition coefficient (Wildman–Crippen LogP) is 7.74. The van der Waals surface area contributed by atoms with Crippen molar-refractivity contribution < 1.29 is 4.74 Å². The summed E-state index contributed by atoms with van der Waals surface area (Å²) >= 11 is 0. The Balaban J connectivity index is 1.28. The Labute approximate surface area is 212 Å². The van der Waals surface area contributed by atoms with E-state index in [1.54, 1.807) is 0 Å². The maximum Gasteiger partial charge on any atom is 0.148 e. The van der Waals surface area contributed by atoms with E-state index in [1.165, 1.54) is 22.4 Å². The summed E-state index contributed by atoms with van der Waals surface area (Å²) in [6.07, 6.45) is 13.1. The molecular weight excluding hydrogens is 440 g/mol. The minimum absolute atomic E-state index is 0.224. The maximum absolute atomic E-state index is 5.82. The van der Waals surface area contributed by atoms with Crippen molar-refractivity contribution in [1.29, 1.82) is 0 Å². The molecule has 3 nitrogen and oxygen atoms in total. The van der Waals surface area contributed by atoms with Crippen molar-refractivity contribution in [3.63, 3.8) is 0 Å². The van der Waals surface area contributed by atoms with E-state index in [2.05, 4.69) is 91.0 Å². The van der Waals surface area contributed by atoms with Crippen LogP contribution in [0, 0.1) is 25.2 Å². The van der Waals surface area contributed by atoms with Crippen LogP contribution < -0.4 is 10.1 Å². The first kappa shape index (κ1) is 22.2. The molecule has 1 heterocycles. The number of anilines is 1. The number of benzene rings is 4. The number of fused-ring (bicyclic) bond motifs is 4. The summed E-state index contributed by atoms with van der Waals surface area (Å²) in [5.74, 6) is 4.29. The number of aliphatic imine (C=N–C) groups is 1. The molecule has 0 saturated heterocycles. The van der Waals surface area contributed by atoms with Crippen LogP contribution in [0.3, 0.4) is 0 Å². The fraction of sp³-hybridized carbons (Fsp3) is 0.182.